The first-order valence-corrected chi connectivity index (χ1v) is 8.55. The Bertz CT molecular complexity index is 823. The van der Waals surface area contributed by atoms with Crippen molar-refractivity contribution in [3.8, 4) is 11.8 Å². The second-order valence-electron chi connectivity index (χ2n) is 6.97. The van der Waals surface area contributed by atoms with Crippen LogP contribution in [0.3, 0.4) is 0 Å². The molecule has 1 aromatic rings. The quantitative estimate of drug-likeness (QED) is 0.420. The zero-order valence-electron chi connectivity index (χ0n) is 15.2. The zero-order chi connectivity index (χ0) is 21.1. The molecular formula is C20H21F2NO5. The summed E-state index contributed by atoms with van der Waals surface area (Å²) in [5.74, 6) is 3.59. The Kier molecular flexibility index (Phi) is 6.41. The number of carboxylic acids is 1. The lowest BCUT2D eigenvalue weighted by molar-refractivity contribution is -0.137. The summed E-state index contributed by atoms with van der Waals surface area (Å²) in [4.78, 5) is 22.9. The van der Waals surface area contributed by atoms with Crippen LogP contribution in [0.4, 0.5) is 8.78 Å². The van der Waals surface area contributed by atoms with E-state index in [0.29, 0.717) is 5.56 Å². The van der Waals surface area contributed by atoms with Crippen molar-refractivity contribution in [2.45, 2.75) is 37.8 Å². The Labute approximate surface area is 160 Å². The van der Waals surface area contributed by atoms with Crippen molar-refractivity contribution in [2.75, 3.05) is 0 Å². The maximum atomic E-state index is 13.0. The minimum atomic E-state index is -3.22. The van der Waals surface area contributed by atoms with Gasteiger partial charge in [-0.2, -0.15) is 0 Å². The first kappa shape index (κ1) is 21.4. The molecule has 6 nitrogen and oxygen atoms in total. The highest BCUT2D eigenvalue weighted by atomic mass is 19.3. The number of rotatable bonds is 7. The van der Waals surface area contributed by atoms with E-state index in [1.54, 1.807) is 12.1 Å². The number of halogens is 2. The SMILES string of the molecule is C=C(O)C(NC(=O)c1ccc(C#CC2CC2CC(=O)O)cc1)[C@](C)(O)C(F)F. The summed E-state index contributed by atoms with van der Waals surface area (Å²) in [6.45, 7) is 3.92. The lowest BCUT2D eigenvalue weighted by atomic mass is 9.95. The number of hydrogen-bond acceptors (Lipinski definition) is 4. The number of alkyl halides is 2. The van der Waals surface area contributed by atoms with E-state index < -0.39 is 35.7 Å². The maximum absolute atomic E-state index is 13.0. The van der Waals surface area contributed by atoms with Gasteiger partial charge in [0, 0.05) is 23.5 Å². The van der Waals surface area contributed by atoms with E-state index in [1.165, 1.54) is 12.1 Å². The Balaban J connectivity index is 2.02. The van der Waals surface area contributed by atoms with Gasteiger partial charge < -0.3 is 20.6 Å². The van der Waals surface area contributed by atoms with Gasteiger partial charge >= 0.3 is 5.97 Å². The molecule has 1 aliphatic carbocycles. The van der Waals surface area contributed by atoms with E-state index in [1.807, 2.05) is 0 Å². The largest absolute Gasteiger partial charge is 0.511 e. The Hall–Kier alpha value is -2.92. The maximum Gasteiger partial charge on any atom is 0.303 e. The van der Waals surface area contributed by atoms with Crippen molar-refractivity contribution in [3.05, 3.63) is 47.7 Å². The van der Waals surface area contributed by atoms with Crippen LogP contribution in [0.5, 0.6) is 0 Å². The molecule has 3 unspecified atom stereocenters. The number of aliphatic hydroxyl groups is 2. The number of carbonyl (C=O) groups excluding carboxylic acids is 1. The summed E-state index contributed by atoms with van der Waals surface area (Å²) in [5.41, 5.74) is -1.96. The van der Waals surface area contributed by atoms with E-state index in [2.05, 4.69) is 23.7 Å². The molecule has 0 saturated heterocycles. The third-order valence-corrected chi connectivity index (χ3v) is 4.54. The van der Waals surface area contributed by atoms with E-state index in [-0.39, 0.29) is 23.8 Å². The lowest BCUT2D eigenvalue weighted by Gasteiger charge is -2.31. The van der Waals surface area contributed by atoms with Gasteiger partial charge in [-0.05, 0) is 43.5 Å². The molecule has 1 aliphatic rings. The molecule has 8 heteroatoms. The fraction of sp³-hybridized carbons (Fsp3) is 0.400. The number of benzene rings is 1. The summed E-state index contributed by atoms with van der Waals surface area (Å²) in [7, 11) is 0. The van der Waals surface area contributed by atoms with Crippen LogP contribution in [0.25, 0.3) is 0 Å². The molecule has 0 aliphatic heterocycles. The van der Waals surface area contributed by atoms with Crippen LogP contribution >= 0.6 is 0 Å². The van der Waals surface area contributed by atoms with Gasteiger partial charge in [-0.3, -0.25) is 9.59 Å². The van der Waals surface area contributed by atoms with Gasteiger partial charge in [0.2, 0.25) is 0 Å². The van der Waals surface area contributed by atoms with E-state index in [0.717, 1.165) is 13.3 Å². The fourth-order valence-corrected chi connectivity index (χ4v) is 2.66. The standard InChI is InChI=1S/C20H21F2NO5/c1-11(24)17(20(2,28)19(21)22)23-18(27)13-6-3-12(4-7-13)5-8-14-9-15(14)10-16(25)26/h3-4,6-7,14-15,17,19,24,28H,1,9-10H2,2H3,(H,23,27)(H,25,26)/t14?,15?,17?,20-/m0/s1. The molecule has 0 radical (unpaired) electrons. The molecule has 1 saturated carbocycles. The van der Waals surface area contributed by atoms with Gasteiger partial charge in [0.15, 0.2) is 0 Å². The molecule has 0 heterocycles. The van der Waals surface area contributed by atoms with Gasteiger partial charge in [0.05, 0.1) is 0 Å². The van der Waals surface area contributed by atoms with Crippen LogP contribution in [0.2, 0.25) is 0 Å². The minimum Gasteiger partial charge on any atom is -0.511 e. The molecule has 1 amide bonds. The molecule has 1 aromatic carbocycles. The number of aliphatic hydroxyl groups excluding tert-OH is 1. The van der Waals surface area contributed by atoms with Crippen LogP contribution in [-0.2, 0) is 4.79 Å². The highest BCUT2D eigenvalue weighted by Gasteiger charge is 2.43. The predicted octanol–water partition coefficient (Wildman–Crippen LogP) is 2.34. The van der Waals surface area contributed by atoms with Crippen molar-refractivity contribution in [1.82, 2.24) is 5.32 Å². The average molecular weight is 393 g/mol. The van der Waals surface area contributed by atoms with Gasteiger partial charge in [-0.1, -0.05) is 18.4 Å². The van der Waals surface area contributed by atoms with Crippen molar-refractivity contribution < 1.29 is 33.7 Å². The summed E-state index contributed by atoms with van der Waals surface area (Å²) < 4.78 is 26.0. The number of nitrogens with one attached hydrogen (secondary N) is 1. The van der Waals surface area contributed by atoms with Crippen molar-refractivity contribution in [1.29, 1.82) is 0 Å². The third kappa shape index (κ3) is 5.30. The van der Waals surface area contributed by atoms with Crippen molar-refractivity contribution in [2.24, 2.45) is 11.8 Å². The van der Waals surface area contributed by atoms with Crippen LogP contribution < -0.4 is 5.32 Å². The first-order chi connectivity index (χ1) is 13.0. The fourth-order valence-electron chi connectivity index (χ4n) is 2.66. The topological polar surface area (TPSA) is 107 Å². The second kappa shape index (κ2) is 8.40. The van der Waals surface area contributed by atoms with Crippen molar-refractivity contribution in [3.63, 3.8) is 0 Å². The number of aliphatic carboxylic acids is 1. The predicted molar refractivity (Wildman–Crippen MR) is 96.8 cm³/mol. The molecule has 0 bridgehead atoms. The summed E-state index contributed by atoms with van der Waals surface area (Å²) >= 11 is 0. The monoisotopic (exact) mass is 393 g/mol. The van der Waals surface area contributed by atoms with Crippen LogP contribution in [-0.4, -0.2) is 45.3 Å². The van der Waals surface area contributed by atoms with Crippen LogP contribution in [0.1, 0.15) is 35.7 Å². The number of hydrogen-bond donors (Lipinski definition) is 4. The zero-order valence-corrected chi connectivity index (χ0v) is 15.2. The van der Waals surface area contributed by atoms with Crippen molar-refractivity contribution >= 4 is 11.9 Å². The van der Waals surface area contributed by atoms with Crippen LogP contribution in [0.15, 0.2) is 36.6 Å². The Morgan fingerprint density at radius 1 is 1.32 bits per heavy atom. The third-order valence-electron chi connectivity index (χ3n) is 4.54. The number of amides is 1. The molecule has 4 atom stereocenters. The normalized spacial score (nSPS) is 21.0. The summed E-state index contributed by atoms with van der Waals surface area (Å²) in [6, 6.07) is 4.22. The molecule has 28 heavy (non-hydrogen) atoms. The molecule has 0 spiro atoms. The molecule has 4 N–H and O–H groups in total. The molecule has 1 fully saturated rings. The smallest absolute Gasteiger partial charge is 0.303 e. The molecular weight excluding hydrogens is 372 g/mol. The molecule has 0 aromatic heterocycles. The molecule has 150 valence electrons. The number of carbonyl (C=O) groups is 2. The minimum absolute atomic E-state index is 0.0481. The van der Waals surface area contributed by atoms with Gasteiger partial charge in [-0.15, -0.1) is 0 Å². The lowest BCUT2D eigenvalue weighted by Crippen LogP contribution is -2.55. The van der Waals surface area contributed by atoms with Gasteiger partial charge in [0.1, 0.15) is 17.4 Å². The second-order valence-corrected chi connectivity index (χ2v) is 6.97. The van der Waals surface area contributed by atoms with Gasteiger partial charge in [0.25, 0.3) is 12.3 Å². The van der Waals surface area contributed by atoms with Gasteiger partial charge in [-0.25, -0.2) is 8.78 Å². The Morgan fingerprint density at radius 3 is 2.43 bits per heavy atom. The van der Waals surface area contributed by atoms with E-state index in [9.17, 15) is 28.6 Å². The first-order valence-electron chi connectivity index (χ1n) is 8.55. The highest BCUT2D eigenvalue weighted by molar-refractivity contribution is 5.94. The average Bonchev–Trinajstić information content (AvgIpc) is 3.34. The van der Waals surface area contributed by atoms with Crippen LogP contribution in [0, 0.1) is 23.7 Å². The Morgan fingerprint density at radius 2 is 1.93 bits per heavy atom. The number of carboxylic acid groups (broad SMARTS) is 1. The van der Waals surface area contributed by atoms with E-state index >= 15 is 0 Å². The van der Waals surface area contributed by atoms with E-state index in [4.69, 9.17) is 5.11 Å². The highest BCUT2D eigenvalue weighted by Crippen LogP contribution is 2.40. The molecule has 2 rings (SSSR count). The summed E-state index contributed by atoms with van der Waals surface area (Å²) in [5, 5.41) is 30.2. The summed E-state index contributed by atoms with van der Waals surface area (Å²) in [6.07, 6.45) is -2.37.